The quantitative estimate of drug-likeness (QED) is 0.284. The monoisotopic (exact) mass is 468 g/mol. The van der Waals surface area contributed by atoms with Gasteiger partial charge in [0, 0.05) is 12.3 Å². The lowest BCUT2D eigenvalue weighted by atomic mass is 9.32. The van der Waals surface area contributed by atoms with Gasteiger partial charge in [-0.15, -0.1) is 0 Å². The third kappa shape index (κ3) is 3.21. The molecule has 192 valence electrons. The van der Waals surface area contributed by atoms with Crippen molar-refractivity contribution < 1.29 is 9.53 Å². The number of carbonyl (C=O) groups excluding carboxylic acids is 1. The highest BCUT2D eigenvalue weighted by molar-refractivity contribution is 5.66. The number of ether oxygens (including phenoxy) is 1. The molecule has 4 saturated carbocycles. The van der Waals surface area contributed by atoms with Gasteiger partial charge in [-0.2, -0.15) is 0 Å². The number of esters is 1. The molecule has 0 aromatic rings. The number of carbonyl (C=O) groups is 1. The molecule has 5 aliphatic carbocycles. The van der Waals surface area contributed by atoms with Crippen LogP contribution in [-0.4, -0.2) is 12.1 Å². The molecule has 5 rings (SSSR count). The van der Waals surface area contributed by atoms with E-state index in [0.717, 1.165) is 18.3 Å². The first-order valence-electron chi connectivity index (χ1n) is 14.5. The van der Waals surface area contributed by atoms with Crippen molar-refractivity contribution in [1.82, 2.24) is 0 Å². The molecule has 34 heavy (non-hydrogen) atoms. The van der Waals surface area contributed by atoms with Gasteiger partial charge in [0.1, 0.15) is 6.10 Å². The summed E-state index contributed by atoms with van der Waals surface area (Å²) in [6.07, 6.45) is 16.0. The van der Waals surface area contributed by atoms with Gasteiger partial charge in [-0.05, 0) is 109 Å². The molecule has 2 heteroatoms. The van der Waals surface area contributed by atoms with E-state index in [9.17, 15) is 4.79 Å². The number of fused-ring (bicyclic) bond motifs is 7. The zero-order valence-corrected chi connectivity index (χ0v) is 23.8. The van der Waals surface area contributed by atoms with Crippen LogP contribution in [0.4, 0.5) is 0 Å². The zero-order valence-electron chi connectivity index (χ0n) is 23.8. The smallest absolute Gasteiger partial charge is 0.302 e. The largest absolute Gasteiger partial charge is 0.462 e. The van der Waals surface area contributed by atoms with Crippen LogP contribution in [0.25, 0.3) is 0 Å². The molecule has 0 aliphatic heterocycles. The molecule has 0 amide bonds. The van der Waals surface area contributed by atoms with Gasteiger partial charge in [0.05, 0.1) is 0 Å². The van der Waals surface area contributed by atoms with Crippen molar-refractivity contribution in [2.24, 2.45) is 50.2 Å². The SMILES string of the molecule is CC(=O)O[C@H]1CC[C@@]2(C)C(CC[C@]3(C)C2CC[C@@H]2C4=CC(C)(C)CC[C@]4(C)CC[C@]23C)C1(C)C. The Kier molecular flexibility index (Phi) is 5.40. The van der Waals surface area contributed by atoms with Crippen molar-refractivity contribution in [3.8, 4) is 0 Å². The van der Waals surface area contributed by atoms with Crippen LogP contribution in [0.15, 0.2) is 11.6 Å². The van der Waals surface area contributed by atoms with Crippen LogP contribution in [0.5, 0.6) is 0 Å². The zero-order chi connectivity index (χ0) is 24.9. The number of hydrogen-bond acceptors (Lipinski definition) is 2. The molecule has 0 saturated heterocycles. The van der Waals surface area contributed by atoms with E-state index in [2.05, 4.69) is 61.5 Å². The van der Waals surface area contributed by atoms with Crippen LogP contribution < -0.4 is 0 Å². The minimum absolute atomic E-state index is 0.0544. The van der Waals surface area contributed by atoms with E-state index in [1.807, 2.05) is 5.57 Å². The lowest BCUT2D eigenvalue weighted by molar-refractivity contribution is -0.233. The van der Waals surface area contributed by atoms with E-state index in [1.54, 1.807) is 6.92 Å². The van der Waals surface area contributed by atoms with Gasteiger partial charge in [0.15, 0.2) is 0 Å². The average molecular weight is 469 g/mol. The normalized spacial score (nSPS) is 51.1. The summed E-state index contributed by atoms with van der Waals surface area (Å²) >= 11 is 0. The molecule has 0 heterocycles. The van der Waals surface area contributed by atoms with Crippen LogP contribution >= 0.6 is 0 Å². The maximum absolute atomic E-state index is 11.9. The molecule has 0 aromatic carbocycles. The first-order valence-corrected chi connectivity index (χ1v) is 14.5. The highest BCUT2D eigenvalue weighted by Crippen LogP contribution is 2.76. The van der Waals surface area contributed by atoms with Crippen molar-refractivity contribution in [3.05, 3.63) is 11.6 Å². The van der Waals surface area contributed by atoms with Crippen molar-refractivity contribution in [2.75, 3.05) is 0 Å². The molecule has 0 radical (unpaired) electrons. The minimum atomic E-state index is -0.107. The molecule has 0 bridgehead atoms. The Morgan fingerprint density at radius 3 is 2.12 bits per heavy atom. The van der Waals surface area contributed by atoms with Crippen LogP contribution in [0.1, 0.15) is 127 Å². The number of hydrogen-bond donors (Lipinski definition) is 0. The molecular weight excluding hydrogens is 416 g/mol. The van der Waals surface area contributed by atoms with Gasteiger partial charge in [0.25, 0.3) is 0 Å². The standard InChI is InChI=1S/C32H52O2/c1-21(33)34-26-13-14-30(7)24(28(26,4)5)12-15-32(9)25(30)11-10-22-23-20-27(2,3)16-17-29(23,6)18-19-31(22,32)8/h20,22,24-26H,10-19H2,1-9H3/t22-,24?,25?,26+,29-,30+,31-,32-/m1/s1. The second kappa shape index (κ2) is 7.38. The molecule has 2 nitrogen and oxygen atoms in total. The van der Waals surface area contributed by atoms with Crippen LogP contribution in [-0.2, 0) is 9.53 Å². The second-order valence-electron chi connectivity index (χ2n) is 15.7. The summed E-state index contributed by atoms with van der Waals surface area (Å²) in [6, 6.07) is 0. The molecule has 0 aromatic heterocycles. The van der Waals surface area contributed by atoms with Crippen molar-refractivity contribution in [2.45, 2.75) is 133 Å². The summed E-state index contributed by atoms with van der Waals surface area (Å²) in [5.74, 6) is 2.07. The van der Waals surface area contributed by atoms with E-state index < -0.39 is 0 Å². The van der Waals surface area contributed by atoms with Crippen molar-refractivity contribution in [1.29, 1.82) is 0 Å². The fourth-order valence-electron chi connectivity index (χ4n) is 11.0. The Balaban J connectivity index is 1.51. The average Bonchev–Trinajstić information content (AvgIpc) is 2.72. The van der Waals surface area contributed by atoms with Gasteiger partial charge in [0.2, 0.25) is 0 Å². The van der Waals surface area contributed by atoms with Gasteiger partial charge >= 0.3 is 5.97 Å². The third-order valence-electron chi connectivity index (χ3n) is 13.2. The van der Waals surface area contributed by atoms with E-state index in [-0.39, 0.29) is 17.5 Å². The topological polar surface area (TPSA) is 26.3 Å². The number of allylic oxidation sites excluding steroid dienone is 2. The fourth-order valence-corrected chi connectivity index (χ4v) is 11.0. The first kappa shape index (κ1) is 24.9. The summed E-state index contributed by atoms with van der Waals surface area (Å²) in [7, 11) is 0. The maximum atomic E-state index is 11.9. The van der Waals surface area contributed by atoms with Gasteiger partial charge in [-0.3, -0.25) is 4.79 Å². The Bertz CT molecular complexity index is 897. The molecule has 0 N–H and O–H groups in total. The maximum Gasteiger partial charge on any atom is 0.302 e. The Morgan fingerprint density at radius 1 is 0.765 bits per heavy atom. The van der Waals surface area contributed by atoms with Gasteiger partial charge in [-0.25, -0.2) is 0 Å². The summed E-state index contributed by atoms with van der Waals surface area (Å²) in [5.41, 5.74) is 3.85. The Morgan fingerprint density at radius 2 is 1.44 bits per heavy atom. The lowest BCUT2D eigenvalue weighted by Crippen LogP contribution is -2.66. The van der Waals surface area contributed by atoms with Gasteiger partial charge in [-0.1, -0.05) is 67.0 Å². The summed E-state index contributed by atoms with van der Waals surface area (Å²) < 4.78 is 5.91. The third-order valence-corrected chi connectivity index (χ3v) is 13.2. The van der Waals surface area contributed by atoms with Crippen LogP contribution in [0.2, 0.25) is 0 Å². The van der Waals surface area contributed by atoms with Crippen molar-refractivity contribution >= 4 is 5.97 Å². The predicted octanol–water partition coefficient (Wildman–Crippen LogP) is 8.74. The molecule has 5 aliphatic rings. The van der Waals surface area contributed by atoms with E-state index >= 15 is 0 Å². The first-order chi connectivity index (χ1) is 15.6. The molecule has 8 atom stereocenters. The molecule has 4 fully saturated rings. The van der Waals surface area contributed by atoms with Crippen LogP contribution in [0.3, 0.4) is 0 Å². The molecule has 0 spiro atoms. The van der Waals surface area contributed by atoms with Crippen molar-refractivity contribution in [3.63, 3.8) is 0 Å². The molecular formula is C32H52O2. The summed E-state index contributed by atoms with van der Waals surface area (Å²) in [5, 5.41) is 0. The predicted molar refractivity (Wildman–Crippen MR) is 140 cm³/mol. The highest BCUT2D eigenvalue weighted by Gasteiger charge is 2.69. The summed E-state index contributed by atoms with van der Waals surface area (Å²) in [4.78, 5) is 11.9. The van der Waals surface area contributed by atoms with Gasteiger partial charge < -0.3 is 4.74 Å². The Labute approximate surface area is 210 Å². The van der Waals surface area contributed by atoms with Crippen LogP contribution in [0, 0.1) is 50.2 Å². The second-order valence-corrected chi connectivity index (χ2v) is 15.7. The van der Waals surface area contributed by atoms with E-state index in [0.29, 0.717) is 33.0 Å². The fraction of sp³-hybridized carbons (Fsp3) is 0.906. The van der Waals surface area contributed by atoms with E-state index in [4.69, 9.17) is 4.74 Å². The van der Waals surface area contributed by atoms with E-state index in [1.165, 1.54) is 57.8 Å². The molecule has 2 unspecified atom stereocenters. The summed E-state index contributed by atoms with van der Waals surface area (Å²) in [6.45, 7) is 22.0. The Hall–Kier alpha value is -0.790. The minimum Gasteiger partial charge on any atom is -0.462 e. The number of rotatable bonds is 1. The lowest BCUT2D eigenvalue weighted by Gasteiger charge is -2.72. The highest BCUT2D eigenvalue weighted by atomic mass is 16.5.